The zero-order valence-corrected chi connectivity index (χ0v) is 53.4. The Morgan fingerprint density at radius 2 is 0.720 bits per heavy atom. The molecule has 0 bridgehead atoms. The molecule has 0 fully saturated rings. The van der Waals surface area contributed by atoms with Crippen molar-refractivity contribution in [3.63, 3.8) is 0 Å². The smallest absolute Gasteiger partial charge is 0.369 e. The third-order valence-corrected chi connectivity index (χ3v) is 15.3. The second-order valence-corrected chi connectivity index (χ2v) is 23.4. The molecule has 0 aliphatic carbocycles. The van der Waals surface area contributed by atoms with Crippen molar-refractivity contribution in [1.82, 2.24) is 15.0 Å². The maximum atomic E-state index is 13.5. The minimum atomic E-state index is -4.05. The highest BCUT2D eigenvalue weighted by molar-refractivity contribution is 7.53. The van der Waals surface area contributed by atoms with Crippen molar-refractivity contribution in [3.8, 4) is 17.2 Å². The molecule has 0 N–H and O–H groups in total. The van der Waals surface area contributed by atoms with Crippen molar-refractivity contribution in [2.45, 2.75) is 233 Å². The van der Waals surface area contributed by atoms with Gasteiger partial charge < -0.3 is 56.6 Å². The first-order valence-electron chi connectivity index (χ1n) is 32.9. The maximum Gasteiger partial charge on any atom is 0.369 e. The van der Waals surface area contributed by atoms with E-state index < -0.39 is 7.68 Å². The van der Waals surface area contributed by atoms with Crippen LogP contribution in [0.15, 0.2) is 18.3 Å². The molecule has 0 amide bonds. The Morgan fingerprint density at radius 3 is 1.07 bits per heavy atom. The maximum absolute atomic E-state index is 13.5. The summed E-state index contributed by atoms with van der Waals surface area (Å²) in [4.78, 5) is 0. The molecule has 1 unspecified atom stereocenters. The summed E-state index contributed by atoms with van der Waals surface area (Å²) in [6.45, 7) is 17.3. The van der Waals surface area contributed by atoms with E-state index in [1.54, 1.807) is 6.92 Å². The number of hydrogen-bond donors (Lipinski definition) is 0. The van der Waals surface area contributed by atoms with Crippen LogP contribution in [0.4, 0.5) is 4.20 Å². The third kappa shape index (κ3) is 46.8. The molecule has 0 saturated heterocycles. The van der Waals surface area contributed by atoms with Crippen molar-refractivity contribution in [3.05, 3.63) is 29.6 Å². The van der Waals surface area contributed by atoms with Gasteiger partial charge in [0.15, 0.2) is 11.5 Å². The van der Waals surface area contributed by atoms with Gasteiger partial charge in [-0.05, 0) is 43.9 Å². The second-order valence-electron chi connectivity index (χ2n) is 21.5. The van der Waals surface area contributed by atoms with Crippen LogP contribution in [0.5, 0.6) is 17.2 Å². The van der Waals surface area contributed by atoms with E-state index in [-0.39, 0.29) is 26.0 Å². The first-order valence-corrected chi connectivity index (χ1v) is 34.6. The Morgan fingerprint density at radius 1 is 0.402 bits per heavy atom. The van der Waals surface area contributed by atoms with E-state index in [2.05, 4.69) is 47.7 Å². The van der Waals surface area contributed by atoms with Gasteiger partial charge in [0.1, 0.15) is 5.69 Å². The Balaban J connectivity index is 1.76. The van der Waals surface area contributed by atoms with Gasteiger partial charge in [0.2, 0.25) is 5.75 Å². The van der Waals surface area contributed by atoms with Gasteiger partial charge in [0, 0.05) is 0 Å². The Kier molecular flexibility index (Phi) is 53.2. The number of unbranched alkanes of at least 4 members (excludes halogenated alkanes) is 27. The Bertz CT molecular complexity index is 1670. The molecule has 1 aromatic heterocycles. The molecule has 1 atom stereocenters. The number of aromatic nitrogens is 3. The lowest BCUT2D eigenvalue weighted by molar-refractivity contribution is -0.0234. The van der Waals surface area contributed by atoms with Gasteiger partial charge in [-0.15, -0.1) is 5.10 Å². The summed E-state index contributed by atoms with van der Waals surface area (Å²) in [5.41, 5.74) is 1.78. The number of benzene rings is 1. The van der Waals surface area contributed by atoms with Crippen molar-refractivity contribution >= 4 is 7.68 Å². The second kappa shape index (κ2) is 57.6. The Hall–Kier alpha value is -2.44. The van der Waals surface area contributed by atoms with E-state index in [1.807, 2.05) is 10.9 Å². The normalized spacial score (nSPS) is 12.4. The third-order valence-electron chi connectivity index (χ3n) is 13.9. The molecule has 82 heavy (non-hydrogen) atoms. The van der Waals surface area contributed by atoms with Gasteiger partial charge in [-0.2, -0.15) is 4.20 Å². The molecular weight excluding hydrogens is 1070 g/mol. The van der Waals surface area contributed by atoms with Crippen LogP contribution in [0, 0.1) is 0 Å². The summed E-state index contributed by atoms with van der Waals surface area (Å²) in [6, 6.07) is 4.24. The van der Waals surface area contributed by atoms with Gasteiger partial charge in [0.05, 0.1) is 151 Å². The van der Waals surface area contributed by atoms with Crippen molar-refractivity contribution in [1.29, 1.82) is 0 Å². The van der Waals surface area contributed by atoms with Gasteiger partial charge in [-0.1, -0.05) is 199 Å². The van der Waals surface area contributed by atoms with E-state index in [1.165, 1.54) is 173 Å². The topological polar surface area (TPSA) is 159 Å². The fourth-order valence-corrected chi connectivity index (χ4v) is 10.1. The average molecular weight is 1190 g/mol. The molecule has 0 saturated carbocycles. The summed E-state index contributed by atoms with van der Waals surface area (Å²) < 4.78 is 95.6. The fraction of sp³-hybridized carbons (Fsp3) is 0.875. The monoisotopic (exact) mass is 1190 g/mol. The van der Waals surface area contributed by atoms with Gasteiger partial charge in [-0.25, -0.2) is 4.68 Å². The van der Waals surface area contributed by atoms with E-state index in [0.717, 1.165) is 47.8 Å². The highest BCUT2D eigenvalue weighted by atomic mass is 31.2. The van der Waals surface area contributed by atoms with Gasteiger partial charge in [0.25, 0.3) is 0 Å². The van der Waals surface area contributed by atoms with Crippen LogP contribution >= 0.6 is 7.68 Å². The van der Waals surface area contributed by atoms with E-state index in [0.29, 0.717) is 119 Å². The number of hydrogen-bond acceptors (Lipinski definition) is 15. The highest BCUT2D eigenvalue weighted by Gasteiger charge is 2.21. The van der Waals surface area contributed by atoms with Crippen LogP contribution < -0.4 is 14.2 Å². The van der Waals surface area contributed by atoms with Crippen molar-refractivity contribution in [2.75, 3.05) is 132 Å². The van der Waals surface area contributed by atoms with E-state index >= 15 is 0 Å². The summed E-state index contributed by atoms with van der Waals surface area (Å²) in [5.74, 6) is 2.26. The fourth-order valence-electron chi connectivity index (χ4n) is 9.20. The molecule has 1 heterocycles. The van der Waals surface area contributed by atoms with Crippen LogP contribution in [0.25, 0.3) is 0 Å². The quantitative estimate of drug-likeness (QED) is 0.0454. The molecule has 2 aromatic rings. The van der Waals surface area contributed by atoms with Gasteiger partial charge >= 0.3 is 7.68 Å². The predicted molar refractivity (Wildman–Crippen MR) is 328 cm³/mol. The largest absolute Gasteiger partial charge is 0.490 e. The molecule has 18 heteroatoms. The molecule has 480 valence electrons. The standard InChI is InChI=1S/C64H119FN3O13P/c1-5-9-12-15-18-21-24-27-30-33-36-78-62-55-60(56-63(79-37-34-31-28-25-22-19-16-13-10-6-2)64(62)80-38-35-32-29-26-23-20-17-14-11-7-3)57-68-58-61(66-67-68)59-77-52-51-75-48-47-73-44-43-71-40-39-70-41-42-72-45-46-74-49-50-76-53-54-82(65,69)81-8-4/h55-56,58H,5-54,57,59H2,1-4H3. The van der Waals surface area contributed by atoms with Crippen LogP contribution in [0.3, 0.4) is 0 Å². The summed E-state index contributed by atoms with van der Waals surface area (Å²) >= 11 is 0. The number of ether oxygens (including phenoxy) is 11. The molecule has 0 radical (unpaired) electrons. The lowest BCUT2D eigenvalue weighted by Gasteiger charge is -2.19. The molecule has 0 spiro atoms. The minimum Gasteiger partial charge on any atom is -0.490 e. The van der Waals surface area contributed by atoms with E-state index in [9.17, 15) is 8.76 Å². The summed E-state index contributed by atoms with van der Waals surface area (Å²) in [6.07, 6.45) is 40.1. The van der Waals surface area contributed by atoms with Crippen molar-refractivity contribution in [2.24, 2.45) is 0 Å². The minimum absolute atomic E-state index is 0.0203. The summed E-state index contributed by atoms with van der Waals surface area (Å²) in [5, 5.41) is 8.88. The van der Waals surface area contributed by atoms with Crippen LogP contribution in [-0.2, 0) is 60.1 Å². The number of halogens is 1. The van der Waals surface area contributed by atoms with Crippen molar-refractivity contribution < 1.29 is 65.4 Å². The molecule has 2 rings (SSSR count). The first-order chi connectivity index (χ1) is 40.4. The van der Waals surface area contributed by atoms with E-state index in [4.69, 9.17) is 52.1 Å². The lowest BCUT2D eigenvalue weighted by atomic mass is 10.1. The highest BCUT2D eigenvalue weighted by Crippen LogP contribution is 2.48. The zero-order chi connectivity index (χ0) is 58.8. The van der Waals surface area contributed by atoms with Crippen LogP contribution in [0.1, 0.15) is 232 Å². The predicted octanol–water partition coefficient (Wildman–Crippen LogP) is 16.1. The first kappa shape index (κ1) is 75.7. The average Bonchev–Trinajstić information content (AvgIpc) is 3.93. The molecular formula is C64H119FN3O13P. The molecule has 0 aliphatic rings. The van der Waals surface area contributed by atoms with Gasteiger partial charge in [-0.3, -0.25) is 4.57 Å². The van der Waals surface area contributed by atoms with Crippen LogP contribution in [0.2, 0.25) is 0 Å². The number of rotatable bonds is 66. The van der Waals surface area contributed by atoms with Crippen LogP contribution in [-0.4, -0.2) is 147 Å². The molecule has 1 aromatic carbocycles. The molecule has 16 nitrogen and oxygen atoms in total. The lowest BCUT2D eigenvalue weighted by Crippen LogP contribution is -2.15. The Labute approximate surface area is 498 Å². The molecule has 0 aliphatic heterocycles. The zero-order valence-electron chi connectivity index (χ0n) is 52.5. The number of nitrogens with zero attached hydrogens (tertiary/aromatic N) is 3. The SMILES string of the molecule is CCCCCCCCCCCCOc1cc(Cn2cc(COCCOCCOCCOCCOCCOCCOCCOCCP(=O)(F)OCC)nn2)cc(OCCCCCCCCCCCC)c1OCCCCCCCCCCCC. The summed E-state index contributed by atoms with van der Waals surface area (Å²) in [7, 11) is -4.05.